The molecule has 0 saturated carbocycles. The molecule has 0 bridgehead atoms. The zero-order chi connectivity index (χ0) is 17.2. The second-order valence-electron chi connectivity index (χ2n) is 5.64. The number of esters is 1. The molecule has 0 radical (unpaired) electrons. The van der Waals surface area contributed by atoms with E-state index in [0.717, 1.165) is 27.6 Å². The number of hydrogen-bond donors (Lipinski definition) is 0. The highest BCUT2D eigenvalue weighted by Crippen LogP contribution is 2.25. The molecule has 0 saturated heterocycles. The van der Waals surface area contributed by atoms with Gasteiger partial charge in [0.05, 0.1) is 7.11 Å². The van der Waals surface area contributed by atoms with Crippen LogP contribution in [-0.4, -0.2) is 19.0 Å². The van der Waals surface area contributed by atoms with Crippen molar-refractivity contribution >= 4 is 28.7 Å². The summed E-state index contributed by atoms with van der Waals surface area (Å²) in [6.07, 6.45) is 1.71. The van der Waals surface area contributed by atoms with Crippen LogP contribution in [0.2, 0.25) is 0 Å². The van der Waals surface area contributed by atoms with Crippen molar-refractivity contribution in [3.8, 4) is 5.75 Å². The van der Waals surface area contributed by atoms with Gasteiger partial charge in [0.25, 0.3) is 0 Å². The van der Waals surface area contributed by atoms with Crippen LogP contribution in [0.1, 0.15) is 11.1 Å². The number of nitrogens with zero attached hydrogens (tertiary/aromatic N) is 1. The molecule has 0 fully saturated rings. The average molecular weight is 329 g/mol. The number of carbonyl (C=O) groups is 1. The number of aliphatic imine (C=N–C) groups is 1. The van der Waals surface area contributed by atoms with Crippen LogP contribution < -0.4 is 4.74 Å². The molecule has 122 valence electrons. The third-order valence-electron chi connectivity index (χ3n) is 4.06. The van der Waals surface area contributed by atoms with Gasteiger partial charge in [0.15, 0.2) is 5.70 Å². The van der Waals surface area contributed by atoms with Crippen molar-refractivity contribution in [1.29, 1.82) is 0 Å². The van der Waals surface area contributed by atoms with Gasteiger partial charge in [-0.1, -0.05) is 48.5 Å². The van der Waals surface area contributed by atoms with Gasteiger partial charge < -0.3 is 9.47 Å². The van der Waals surface area contributed by atoms with E-state index in [1.165, 1.54) is 0 Å². The molecule has 0 atom stereocenters. The number of hydrogen-bond acceptors (Lipinski definition) is 4. The fraction of sp³-hybridized carbons (Fsp3) is 0.0476. The summed E-state index contributed by atoms with van der Waals surface area (Å²) in [5, 5.41) is 2.08. The summed E-state index contributed by atoms with van der Waals surface area (Å²) in [7, 11) is 1.61. The Balaban J connectivity index is 1.73. The number of benzene rings is 3. The number of carbonyl (C=O) groups excluding carboxylic acids is 1. The van der Waals surface area contributed by atoms with E-state index < -0.39 is 5.97 Å². The fourth-order valence-electron chi connectivity index (χ4n) is 2.79. The number of cyclic esters (lactones) is 1. The lowest BCUT2D eigenvalue weighted by Crippen LogP contribution is -2.05. The first-order chi connectivity index (χ1) is 12.2. The highest BCUT2D eigenvalue weighted by atomic mass is 16.6. The van der Waals surface area contributed by atoms with Crippen molar-refractivity contribution in [2.24, 2.45) is 4.99 Å². The monoisotopic (exact) mass is 329 g/mol. The molecule has 1 heterocycles. The summed E-state index contributed by atoms with van der Waals surface area (Å²) in [6, 6.07) is 21.2. The smallest absolute Gasteiger partial charge is 0.363 e. The quantitative estimate of drug-likeness (QED) is 0.535. The lowest BCUT2D eigenvalue weighted by atomic mass is 10.0. The SMILES string of the molecule is COc1ccc(C=C2N=C(c3cccc4ccccc34)OC2=O)cc1. The summed E-state index contributed by atoms with van der Waals surface area (Å²) in [5.74, 6) is 0.649. The Morgan fingerprint density at radius 1 is 0.960 bits per heavy atom. The van der Waals surface area contributed by atoms with E-state index in [1.54, 1.807) is 13.2 Å². The molecule has 0 aliphatic carbocycles. The Labute approximate surface area is 145 Å². The third-order valence-corrected chi connectivity index (χ3v) is 4.06. The molecule has 0 N–H and O–H groups in total. The topological polar surface area (TPSA) is 47.9 Å². The first kappa shape index (κ1) is 15.1. The highest BCUT2D eigenvalue weighted by Gasteiger charge is 2.25. The van der Waals surface area contributed by atoms with Gasteiger partial charge in [0.1, 0.15) is 5.75 Å². The molecule has 0 aromatic heterocycles. The molecule has 0 unspecified atom stereocenters. The third kappa shape index (κ3) is 2.90. The highest BCUT2D eigenvalue weighted by molar-refractivity contribution is 6.17. The Hall–Kier alpha value is -3.40. The van der Waals surface area contributed by atoms with Crippen molar-refractivity contribution in [2.45, 2.75) is 0 Å². The largest absolute Gasteiger partial charge is 0.497 e. The summed E-state index contributed by atoms with van der Waals surface area (Å²) < 4.78 is 10.5. The van der Waals surface area contributed by atoms with Gasteiger partial charge in [0, 0.05) is 5.56 Å². The van der Waals surface area contributed by atoms with Crippen LogP contribution >= 0.6 is 0 Å². The number of fused-ring (bicyclic) bond motifs is 1. The van der Waals surface area contributed by atoms with Gasteiger partial charge in [-0.2, -0.15) is 0 Å². The molecule has 3 aromatic rings. The number of methoxy groups -OCH3 is 1. The molecule has 1 aliphatic rings. The second kappa shape index (κ2) is 6.24. The van der Waals surface area contributed by atoms with Crippen molar-refractivity contribution in [1.82, 2.24) is 0 Å². The molecular formula is C21H15NO3. The molecule has 0 spiro atoms. The van der Waals surface area contributed by atoms with Crippen LogP contribution in [0.15, 0.2) is 77.4 Å². The predicted molar refractivity (Wildman–Crippen MR) is 97.5 cm³/mol. The Bertz CT molecular complexity index is 1010. The van der Waals surface area contributed by atoms with Gasteiger partial charge >= 0.3 is 5.97 Å². The predicted octanol–water partition coefficient (Wildman–Crippen LogP) is 4.19. The van der Waals surface area contributed by atoms with Crippen LogP contribution in [0.3, 0.4) is 0 Å². The molecule has 4 rings (SSSR count). The maximum absolute atomic E-state index is 12.2. The first-order valence-corrected chi connectivity index (χ1v) is 7.89. The van der Waals surface area contributed by atoms with Gasteiger partial charge in [-0.25, -0.2) is 9.79 Å². The fourth-order valence-corrected chi connectivity index (χ4v) is 2.79. The standard InChI is InChI=1S/C21H15NO3/c1-24-16-11-9-14(10-12-16)13-19-21(23)25-20(22-19)18-8-4-6-15-5-2-3-7-17(15)18/h2-13H,1H3. The van der Waals surface area contributed by atoms with Crippen molar-refractivity contribution < 1.29 is 14.3 Å². The minimum absolute atomic E-state index is 0.285. The maximum atomic E-state index is 12.2. The summed E-state index contributed by atoms with van der Waals surface area (Å²) in [5.41, 5.74) is 1.95. The summed E-state index contributed by atoms with van der Waals surface area (Å²) >= 11 is 0. The maximum Gasteiger partial charge on any atom is 0.363 e. The second-order valence-corrected chi connectivity index (χ2v) is 5.64. The van der Waals surface area contributed by atoms with Gasteiger partial charge in [0.2, 0.25) is 5.90 Å². The van der Waals surface area contributed by atoms with Crippen molar-refractivity contribution in [3.63, 3.8) is 0 Å². The van der Waals surface area contributed by atoms with E-state index in [0.29, 0.717) is 5.90 Å². The Morgan fingerprint density at radius 3 is 2.52 bits per heavy atom. The van der Waals surface area contributed by atoms with Crippen LogP contribution in [0.5, 0.6) is 5.75 Å². The average Bonchev–Trinajstić information content (AvgIpc) is 3.02. The van der Waals surface area contributed by atoms with Gasteiger partial charge in [-0.15, -0.1) is 0 Å². The first-order valence-electron chi connectivity index (χ1n) is 7.89. The number of rotatable bonds is 3. The van der Waals surface area contributed by atoms with Crippen LogP contribution in [-0.2, 0) is 9.53 Å². The zero-order valence-electron chi connectivity index (χ0n) is 13.6. The van der Waals surface area contributed by atoms with E-state index >= 15 is 0 Å². The van der Waals surface area contributed by atoms with E-state index in [-0.39, 0.29) is 5.70 Å². The van der Waals surface area contributed by atoms with Crippen LogP contribution in [0.25, 0.3) is 16.8 Å². The van der Waals surface area contributed by atoms with Crippen LogP contribution in [0.4, 0.5) is 0 Å². The molecular weight excluding hydrogens is 314 g/mol. The molecule has 1 aliphatic heterocycles. The minimum Gasteiger partial charge on any atom is -0.497 e. The zero-order valence-corrected chi connectivity index (χ0v) is 13.6. The lowest BCUT2D eigenvalue weighted by molar-refractivity contribution is -0.129. The molecule has 4 heteroatoms. The van der Waals surface area contributed by atoms with Crippen molar-refractivity contribution in [2.75, 3.05) is 7.11 Å². The van der Waals surface area contributed by atoms with Gasteiger partial charge in [-0.05, 0) is 40.6 Å². The van der Waals surface area contributed by atoms with E-state index in [1.807, 2.05) is 66.7 Å². The Kier molecular flexibility index (Phi) is 3.78. The van der Waals surface area contributed by atoms with E-state index in [9.17, 15) is 4.79 Å². The summed E-state index contributed by atoms with van der Waals surface area (Å²) in [6.45, 7) is 0. The molecule has 3 aromatic carbocycles. The van der Waals surface area contributed by atoms with Crippen molar-refractivity contribution in [3.05, 3.63) is 83.6 Å². The Morgan fingerprint density at radius 2 is 1.72 bits per heavy atom. The molecule has 0 amide bonds. The normalized spacial score (nSPS) is 15.3. The van der Waals surface area contributed by atoms with E-state index in [4.69, 9.17) is 9.47 Å². The minimum atomic E-state index is -0.446. The number of ether oxygens (including phenoxy) is 2. The molecule has 25 heavy (non-hydrogen) atoms. The lowest BCUT2D eigenvalue weighted by Gasteiger charge is -2.04. The van der Waals surface area contributed by atoms with E-state index in [2.05, 4.69) is 4.99 Å². The molecule has 4 nitrogen and oxygen atoms in total. The van der Waals surface area contributed by atoms with Crippen LogP contribution in [0, 0.1) is 0 Å². The van der Waals surface area contributed by atoms with Gasteiger partial charge in [-0.3, -0.25) is 0 Å². The summed E-state index contributed by atoms with van der Waals surface area (Å²) in [4.78, 5) is 16.6.